The van der Waals surface area contributed by atoms with Crippen molar-refractivity contribution in [2.24, 2.45) is 11.8 Å². The minimum absolute atomic E-state index is 0.0157. The van der Waals surface area contributed by atoms with E-state index in [1.54, 1.807) is 0 Å². The summed E-state index contributed by atoms with van der Waals surface area (Å²) < 4.78 is 5.44. The minimum Gasteiger partial charge on any atom is -0.461 e. The molecule has 0 radical (unpaired) electrons. The van der Waals surface area contributed by atoms with Gasteiger partial charge in [-0.25, -0.2) is 0 Å². The highest BCUT2D eigenvalue weighted by Crippen LogP contribution is 2.30. The molecule has 106 valence electrons. The van der Waals surface area contributed by atoms with Crippen molar-refractivity contribution in [2.75, 3.05) is 11.9 Å². The second-order valence-corrected chi connectivity index (χ2v) is 5.88. The van der Waals surface area contributed by atoms with Gasteiger partial charge in [0.15, 0.2) is 0 Å². The molecule has 1 aromatic rings. The van der Waals surface area contributed by atoms with Gasteiger partial charge in [0, 0.05) is 6.54 Å². The Morgan fingerprint density at radius 1 is 1.32 bits per heavy atom. The smallest absolute Gasteiger partial charge is 0.322 e. The van der Waals surface area contributed by atoms with Crippen LogP contribution in [0.25, 0.3) is 0 Å². The van der Waals surface area contributed by atoms with Crippen molar-refractivity contribution in [1.29, 1.82) is 0 Å². The number of hydrogen-bond acceptors (Lipinski definition) is 5. The third-order valence-electron chi connectivity index (χ3n) is 3.28. The number of nitrogens with zero attached hydrogens (tertiary/aromatic N) is 3. The number of rotatable bonds is 5. The van der Waals surface area contributed by atoms with E-state index < -0.39 is 0 Å². The Morgan fingerprint density at radius 3 is 2.74 bits per heavy atom. The van der Waals surface area contributed by atoms with Crippen molar-refractivity contribution in [3.05, 3.63) is 5.28 Å². The van der Waals surface area contributed by atoms with E-state index in [2.05, 4.69) is 27.2 Å². The molecule has 19 heavy (non-hydrogen) atoms. The van der Waals surface area contributed by atoms with Gasteiger partial charge in [-0.2, -0.15) is 15.0 Å². The van der Waals surface area contributed by atoms with Crippen molar-refractivity contribution in [2.45, 2.75) is 46.1 Å². The van der Waals surface area contributed by atoms with Gasteiger partial charge in [-0.15, -0.1) is 0 Å². The van der Waals surface area contributed by atoms with Gasteiger partial charge in [-0.3, -0.25) is 0 Å². The Labute approximate surface area is 119 Å². The summed E-state index contributed by atoms with van der Waals surface area (Å²) >= 11 is 5.87. The van der Waals surface area contributed by atoms with E-state index in [1.165, 1.54) is 19.3 Å². The molecule has 2 atom stereocenters. The summed E-state index contributed by atoms with van der Waals surface area (Å²) in [5.41, 5.74) is 0. The molecule has 1 aliphatic rings. The van der Waals surface area contributed by atoms with Gasteiger partial charge >= 0.3 is 6.01 Å². The fourth-order valence-electron chi connectivity index (χ4n) is 2.42. The highest BCUT2D eigenvalue weighted by molar-refractivity contribution is 6.28. The predicted octanol–water partition coefficient (Wildman–Crippen LogP) is 3.16. The molecular weight excluding hydrogens is 264 g/mol. The van der Waals surface area contributed by atoms with E-state index in [9.17, 15) is 0 Å². The predicted molar refractivity (Wildman–Crippen MR) is 75.6 cm³/mol. The van der Waals surface area contributed by atoms with E-state index >= 15 is 0 Å². The molecular formula is C13H21ClN4O. The first-order valence-corrected chi connectivity index (χ1v) is 7.23. The lowest BCUT2D eigenvalue weighted by atomic mass is 10.1. The van der Waals surface area contributed by atoms with Crippen LogP contribution in [0.4, 0.5) is 5.95 Å². The molecule has 1 N–H and O–H groups in total. The Morgan fingerprint density at radius 2 is 2.11 bits per heavy atom. The number of ether oxygens (including phenoxy) is 1. The molecule has 5 nitrogen and oxygen atoms in total. The van der Waals surface area contributed by atoms with Crippen LogP contribution < -0.4 is 10.1 Å². The van der Waals surface area contributed by atoms with Crippen molar-refractivity contribution >= 4 is 17.5 Å². The van der Waals surface area contributed by atoms with Crippen LogP contribution in [0.2, 0.25) is 5.28 Å². The molecule has 0 amide bonds. The van der Waals surface area contributed by atoms with Crippen LogP contribution in [0.5, 0.6) is 6.01 Å². The number of halogens is 1. The summed E-state index contributed by atoms with van der Waals surface area (Å²) in [6.45, 7) is 7.02. The molecule has 1 aromatic heterocycles. The van der Waals surface area contributed by atoms with Crippen LogP contribution in [0, 0.1) is 11.8 Å². The first-order valence-electron chi connectivity index (χ1n) is 6.85. The first kappa shape index (κ1) is 14.3. The van der Waals surface area contributed by atoms with E-state index in [4.69, 9.17) is 16.3 Å². The summed E-state index contributed by atoms with van der Waals surface area (Å²) in [4.78, 5) is 12.2. The van der Waals surface area contributed by atoms with E-state index in [0.717, 1.165) is 12.5 Å². The monoisotopic (exact) mass is 284 g/mol. The summed E-state index contributed by atoms with van der Waals surface area (Å²) in [6.07, 6.45) is 3.86. The van der Waals surface area contributed by atoms with Gasteiger partial charge in [0.05, 0.1) is 6.10 Å². The minimum atomic E-state index is 0.0157. The Hall–Kier alpha value is -1.10. The molecule has 2 rings (SSSR count). The fraction of sp³-hybridized carbons (Fsp3) is 0.769. The van der Waals surface area contributed by atoms with Crippen LogP contribution in [0.15, 0.2) is 0 Å². The van der Waals surface area contributed by atoms with Crippen LogP contribution in [-0.2, 0) is 0 Å². The zero-order valence-corrected chi connectivity index (χ0v) is 12.4. The molecule has 6 heteroatoms. The second-order valence-electron chi connectivity index (χ2n) is 5.54. The average molecular weight is 285 g/mol. The molecule has 0 aliphatic heterocycles. The molecule has 0 aromatic carbocycles. The highest BCUT2D eigenvalue weighted by Gasteiger charge is 2.21. The van der Waals surface area contributed by atoms with Gasteiger partial charge in [0.1, 0.15) is 0 Å². The van der Waals surface area contributed by atoms with Gasteiger partial charge in [0.2, 0.25) is 11.2 Å². The maximum Gasteiger partial charge on any atom is 0.322 e. The lowest BCUT2D eigenvalue weighted by Gasteiger charge is -2.12. The zero-order chi connectivity index (χ0) is 13.8. The van der Waals surface area contributed by atoms with Crippen molar-refractivity contribution < 1.29 is 4.74 Å². The fourth-order valence-corrected chi connectivity index (χ4v) is 2.57. The maximum absolute atomic E-state index is 5.87. The molecule has 1 aliphatic carbocycles. The second kappa shape index (κ2) is 6.37. The van der Waals surface area contributed by atoms with Gasteiger partial charge in [-0.1, -0.05) is 13.3 Å². The van der Waals surface area contributed by atoms with E-state index in [-0.39, 0.29) is 17.4 Å². The highest BCUT2D eigenvalue weighted by atomic mass is 35.5. The molecule has 1 saturated carbocycles. The molecule has 1 heterocycles. The summed E-state index contributed by atoms with van der Waals surface area (Å²) in [5, 5.41) is 3.40. The number of anilines is 1. The lowest BCUT2D eigenvalue weighted by Crippen LogP contribution is -2.15. The van der Waals surface area contributed by atoms with Crippen molar-refractivity contribution in [1.82, 2.24) is 15.0 Å². The molecule has 0 spiro atoms. The Bertz CT molecular complexity index is 427. The van der Waals surface area contributed by atoms with Crippen LogP contribution >= 0.6 is 11.6 Å². The normalized spacial score (nSPS) is 22.8. The molecule has 1 fully saturated rings. The molecule has 0 bridgehead atoms. The van der Waals surface area contributed by atoms with Gasteiger partial charge in [-0.05, 0) is 50.1 Å². The topological polar surface area (TPSA) is 59.9 Å². The largest absolute Gasteiger partial charge is 0.461 e. The van der Waals surface area contributed by atoms with Crippen LogP contribution in [0.3, 0.4) is 0 Å². The third kappa shape index (κ3) is 4.49. The summed E-state index contributed by atoms with van der Waals surface area (Å²) in [7, 11) is 0. The number of aromatic nitrogens is 3. The third-order valence-corrected chi connectivity index (χ3v) is 3.45. The quantitative estimate of drug-likeness (QED) is 0.900. The molecule has 0 saturated heterocycles. The van der Waals surface area contributed by atoms with Crippen LogP contribution in [0.1, 0.15) is 40.0 Å². The Balaban J connectivity index is 1.94. The van der Waals surface area contributed by atoms with Crippen molar-refractivity contribution in [3.63, 3.8) is 0 Å². The maximum atomic E-state index is 5.87. The number of hydrogen-bond donors (Lipinski definition) is 1. The average Bonchev–Trinajstić information content (AvgIpc) is 2.71. The lowest BCUT2D eigenvalue weighted by molar-refractivity contribution is 0.222. The van der Waals surface area contributed by atoms with Crippen molar-refractivity contribution in [3.8, 4) is 6.01 Å². The van der Waals surface area contributed by atoms with Gasteiger partial charge in [0.25, 0.3) is 0 Å². The Kier molecular flexibility index (Phi) is 4.80. The number of nitrogens with one attached hydrogen (secondary N) is 1. The standard InChI is InChI=1S/C13H21ClN4O/c1-8(2)19-13-17-11(14)16-12(18-13)15-7-10-5-4-9(3)6-10/h8-10H,4-7H2,1-3H3,(H,15,16,17,18). The van der Waals surface area contributed by atoms with E-state index in [0.29, 0.717) is 11.9 Å². The summed E-state index contributed by atoms with van der Waals surface area (Å²) in [5.74, 6) is 2.02. The zero-order valence-electron chi connectivity index (χ0n) is 11.7. The van der Waals surface area contributed by atoms with E-state index in [1.807, 2.05) is 13.8 Å². The van der Waals surface area contributed by atoms with Crippen LogP contribution in [-0.4, -0.2) is 27.6 Å². The molecule has 2 unspecified atom stereocenters. The van der Waals surface area contributed by atoms with Gasteiger partial charge < -0.3 is 10.1 Å². The SMILES string of the molecule is CC1CCC(CNc2nc(Cl)nc(OC(C)C)n2)C1. The first-order chi connectivity index (χ1) is 9.02. The summed E-state index contributed by atoms with van der Waals surface area (Å²) in [6, 6.07) is 0.275.